The summed E-state index contributed by atoms with van der Waals surface area (Å²) in [5.74, 6) is -0.977. The van der Waals surface area contributed by atoms with E-state index in [1.807, 2.05) is 0 Å². The lowest BCUT2D eigenvalue weighted by Gasteiger charge is -2.44. The van der Waals surface area contributed by atoms with Crippen LogP contribution in [0.2, 0.25) is 10.0 Å². The number of halogens is 2. The Hall–Kier alpha value is -1.33. The Balaban J connectivity index is 2.06. The van der Waals surface area contributed by atoms with Crippen LogP contribution in [0, 0.1) is 10.1 Å². The molecule has 0 aromatic heterocycles. The van der Waals surface area contributed by atoms with E-state index in [4.69, 9.17) is 27.9 Å². The SMILES string of the molecule is O=C1C[C@@H](c2ccc(Cl)cc2Cl)[C@@H]([N+](=O)[O-])C2(CCCCC2)O1. The average molecular weight is 358 g/mol. The van der Waals surface area contributed by atoms with Crippen LogP contribution in [0.25, 0.3) is 0 Å². The van der Waals surface area contributed by atoms with Crippen LogP contribution in [0.5, 0.6) is 0 Å². The molecule has 3 rings (SSSR count). The normalized spacial score (nSPS) is 26.8. The summed E-state index contributed by atoms with van der Waals surface area (Å²) < 4.78 is 5.55. The van der Waals surface area contributed by atoms with Gasteiger partial charge < -0.3 is 4.74 Å². The first kappa shape index (κ1) is 16.5. The number of ether oxygens (including phenoxy) is 1. The second kappa shape index (κ2) is 6.29. The molecule has 0 unspecified atom stereocenters. The first-order valence-electron chi connectivity index (χ1n) is 7.73. The predicted octanol–water partition coefficient (Wildman–Crippen LogP) is 4.37. The maximum atomic E-state index is 12.2. The number of nitrogens with zero attached hydrogens (tertiary/aromatic N) is 1. The summed E-state index contributed by atoms with van der Waals surface area (Å²) in [7, 11) is 0. The van der Waals surface area contributed by atoms with Crippen LogP contribution < -0.4 is 0 Å². The standard InChI is InChI=1S/C16H17Cl2NO4/c17-10-4-5-11(13(18)8-10)12-9-14(20)23-16(15(12)19(21)22)6-2-1-3-7-16/h4-5,8,12,15H,1-3,6-7,9H2/t12-,15+/m0/s1. The van der Waals surface area contributed by atoms with Crippen molar-refractivity contribution in [3.8, 4) is 0 Å². The van der Waals surface area contributed by atoms with Crippen LogP contribution in [0.1, 0.15) is 50.0 Å². The lowest BCUT2D eigenvalue weighted by atomic mass is 9.70. The summed E-state index contributed by atoms with van der Waals surface area (Å²) in [6.45, 7) is 0. The van der Waals surface area contributed by atoms with Crippen molar-refractivity contribution in [3.63, 3.8) is 0 Å². The molecule has 1 spiro atoms. The van der Waals surface area contributed by atoms with Crippen LogP contribution in [0.3, 0.4) is 0 Å². The van der Waals surface area contributed by atoms with Gasteiger partial charge in [-0.25, -0.2) is 0 Å². The van der Waals surface area contributed by atoms with Gasteiger partial charge in [-0.15, -0.1) is 0 Å². The van der Waals surface area contributed by atoms with E-state index in [9.17, 15) is 14.9 Å². The van der Waals surface area contributed by atoms with Crippen molar-refractivity contribution in [3.05, 3.63) is 43.9 Å². The van der Waals surface area contributed by atoms with Crippen molar-refractivity contribution < 1.29 is 14.5 Å². The Morgan fingerprint density at radius 3 is 2.52 bits per heavy atom. The molecule has 0 bridgehead atoms. The minimum absolute atomic E-state index is 0.0330. The number of benzene rings is 1. The summed E-state index contributed by atoms with van der Waals surface area (Å²) in [5.41, 5.74) is -0.413. The highest BCUT2D eigenvalue weighted by Crippen LogP contribution is 2.47. The zero-order chi connectivity index (χ0) is 16.6. The van der Waals surface area contributed by atoms with E-state index in [2.05, 4.69) is 0 Å². The van der Waals surface area contributed by atoms with Crippen LogP contribution in [0.15, 0.2) is 18.2 Å². The molecule has 124 valence electrons. The summed E-state index contributed by atoms with van der Waals surface area (Å²) in [6.07, 6.45) is 3.71. The molecule has 2 atom stereocenters. The molecule has 23 heavy (non-hydrogen) atoms. The number of carbonyl (C=O) groups is 1. The molecule has 1 saturated heterocycles. The highest BCUT2D eigenvalue weighted by molar-refractivity contribution is 6.35. The molecule has 1 aromatic rings. The van der Waals surface area contributed by atoms with Crippen molar-refractivity contribution in [1.29, 1.82) is 0 Å². The van der Waals surface area contributed by atoms with Crippen LogP contribution in [-0.2, 0) is 9.53 Å². The van der Waals surface area contributed by atoms with E-state index in [-0.39, 0.29) is 17.3 Å². The maximum Gasteiger partial charge on any atom is 0.307 e. The highest BCUT2D eigenvalue weighted by Gasteiger charge is 2.58. The number of carbonyl (C=O) groups excluding carboxylic acids is 1. The van der Waals surface area contributed by atoms with Gasteiger partial charge in [0.25, 0.3) is 6.04 Å². The number of rotatable bonds is 2. The second-order valence-electron chi connectivity index (χ2n) is 6.31. The third-order valence-electron chi connectivity index (χ3n) is 4.91. The molecule has 0 amide bonds. The third-order valence-corrected chi connectivity index (χ3v) is 5.48. The Bertz CT molecular complexity index is 643. The van der Waals surface area contributed by atoms with Gasteiger partial charge in [-0.3, -0.25) is 14.9 Å². The van der Waals surface area contributed by atoms with Gasteiger partial charge in [-0.2, -0.15) is 0 Å². The molecular weight excluding hydrogens is 341 g/mol. The first-order chi connectivity index (χ1) is 10.9. The fourth-order valence-corrected chi connectivity index (χ4v) is 4.50. The molecule has 1 heterocycles. The van der Waals surface area contributed by atoms with E-state index in [1.165, 1.54) is 0 Å². The van der Waals surface area contributed by atoms with Gasteiger partial charge in [0.2, 0.25) is 0 Å². The smallest absolute Gasteiger partial charge is 0.307 e. The zero-order valence-electron chi connectivity index (χ0n) is 12.5. The van der Waals surface area contributed by atoms with Gasteiger partial charge in [-0.05, 0) is 43.4 Å². The van der Waals surface area contributed by atoms with Crippen LogP contribution in [0.4, 0.5) is 0 Å². The Labute approximate surface area is 144 Å². The quantitative estimate of drug-likeness (QED) is 0.447. The van der Waals surface area contributed by atoms with Gasteiger partial charge in [0.15, 0.2) is 5.60 Å². The fraction of sp³-hybridized carbons (Fsp3) is 0.562. The van der Waals surface area contributed by atoms with Crippen molar-refractivity contribution in [2.45, 2.75) is 56.1 Å². The average Bonchev–Trinajstić information content (AvgIpc) is 2.46. The molecule has 1 aromatic carbocycles. The monoisotopic (exact) mass is 357 g/mol. The lowest BCUT2D eigenvalue weighted by molar-refractivity contribution is -0.554. The molecule has 0 radical (unpaired) electrons. The molecule has 2 aliphatic rings. The number of esters is 1. The van der Waals surface area contributed by atoms with Gasteiger partial charge in [-0.1, -0.05) is 35.7 Å². The fourth-order valence-electron chi connectivity index (χ4n) is 3.96. The van der Waals surface area contributed by atoms with Crippen molar-refractivity contribution in [2.75, 3.05) is 0 Å². The number of hydrogen-bond donors (Lipinski definition) is 0. The Morgan fingerprint density at radius 1 is 1.22 bits per heavy atom. The predicted molar refractivity (Wildman–Crippen MR) is 86.5 cm³/mol. The molecule has 7 heteroatoms. The van der Waals surface area contributed by atoms with Crippen molar-refractivity contribution in [2.24, 2.45) is 0 Å². The molecule has 0 N–H and O–H groups in total. The Morgan fingerprint density at radius 2 is 1.91 bits per heavy atom. The molecular formula is C16H17Cl2NO4. The summed E-state index contributed by atoms with van der Waals surface area (Å²) in [6, 6.07) is 3.91. The maximum absolute atomic E-state index is 12.2. The lowest BCUT2D eigenvalue weighted by Crippen LogP contribution is -2.57. The van der Waals surface area contributed by atoms with E-state index >= 15 is 0 Å². The zero-order valence-corrected chi connectivity index (χ0v) is 14.0. The van der Waals surface area contributed by atoms with Crippen molar-refractivity contribution >= 4 is 29.2 Å². The first-order valence-corrected chi connectivity index (χ1v) is 8.49. The van der Waals surface area contributed by atoms with Gasteiger partial charge in [0, 0.05) is 15.0 Å². The van der Waals surface area contributed by atoms with Crippen molar-refractivity contribution in [1.82, 2.24) is 0 Å². The minimum Gasteiger partial charge on any atom is -0.452 e. The van der Waals surface area contributed by atoms with Gasteiger partial charge >= 0.3 is 5.97 Å². The molecule has 5 nitrogen and oxygen atoms in total. The van der Waals surface area contributed by atoms with E-state index < -0.39 is 17.6 Å². The third kappa shape index (κ3) is 3.04. The topological polar surface area (TPSA) is 69.4 Å². The van der Waals surface area contributed by atoms with Crippen LogP contribution in [-0.4, -0.2) is 22.5 Å². The summed E-state index contributed by atoms with van der Waals surface area (Å²) in [5, 5.41) is 12.7. The van der Waals surface area contributed by atoms with Gasteiger partial charge in [0.1, 0.15) is 0 Å². The Kier molecular flexibility index (Phi) is 4.52. The number of hydrogen-bond acceptors (Lipinski definition) is 4. The van der Waals surface area contributed by atoms with Gasteiger partial charge in [0.05, 0.1) is 12.3 Å². The summed E-state index contributed by atoms with van der Waals surface area (Å²) >= 11 is 12.2. The second-order valence-corrected chi connectivity index (χ2v) is 7.15. The molecule has 1 saturated carbocycles. The van der Waals surface area contributed by atoms with Crippen LogP contribution >= 0.6 is 23.2 Å². The molecule has 1 aliphatic carbocycles. The minimum atomic E-state index is -1.01. The largest absolute Gasteiger partial charge is 0.452 e. The van der Waals surface area contributed by atoms with E-state index in [0.29, 0.717) is 28.5 Å². The molecule has 2 fully saturated rings. The van der Waals surface area contributed by atoms with E-state index in [0.717, 1.165) is 19.3 Å². The van der Waals surface area contributed by atoms with E-state index in [1.54, 1.807) is 18.2 Å². The molecule has 1 aliphatic heterocycles. The number of nitro groups is 1. The highest BCUT2D eigenvalue weighted by atomic mass is 35.5. The summed E-state index contributed by atoms with van der Waals surface area (Å²) in [4.78, 5) is 23.7.